The van der Waals surface area contributed by atoms with Gasteiger partial charge in [-0.05, 0) is 12.0 Å². The monoisotopic (exact) mass is 306 g/mol. The highest BCUT2D eigenvalue weighted by atomic mass is 35.5. The molecule has 1 aromatic carbocycles. The molecule has 0 amide bonds. The van der Waals surface area contributed by atoms with Crippen LogP contribution >= 0.6 is 34.8 Å². The Morgan fingerprint density at radius 2 is 1.89 bits per heavy atom. The van der Waals surface area contributed by atoms with Gasteiger partial charge in [-0.3, -0.25) is 0 Å². The first kappa shape index (κ1) is 13.5. The zero-order valence-electron chi connectivity index (χ0n) is 9.55. The first-order valence-corrected chi connectivity index (χ1v) is 6.31. The van der Waals surface area contributed by atoms with Crippen molar-refractivity contribution in [1.29, 1.82) is 0 Å². The predicted molar refractivity (Wildman–Crippen MR) is 72.3 cm³/mol. The van der Waals surface area contributed by atoms with Crippen LogP contribution in [0.4, 0.5) is 0 Å². The molecule has 0 bridgehead atoms. The number of rotatable bonds is 2. The summed E-state index contributed by atoms with van der Waals surface area (Å²) in [5, 5.41) is 10.4. The molecule has 0 aliphatic rings. The Labute approximate surface area is 118 Å². The van der Waals surface area contributed by atoms with Crippen LogP contribution in [0.25, 0.3) is 11.0 Å². The molecule has 0 radical (unpaired) electrons. The second-order valence-electron chi connectivity index (χ2n) is 4.16. The molecule has 0 aliphatic carbocycles. The van der Waals surface area contributed by atoms with E-state index in [1.807, 2.05) is 13.8 Å². The number of carbonyl (C=O) groups is 1. The van der Waals surface area contributed by atoms with E-state index in [0.29, 0.717) is 10.9 Å². The minimum absolute atomic E-state index is 0.0793. The fourth-order valence-corrected chi connectivity index (χ4v) is 2.64. The van der Waals surface area contributed by atoms with Crippen LogP contribution in [0, 0.1) is 0 Å². The van der Waals surface area contributed by atoms with Gasteiger partial charge < -0.3 is 9.52 Å². The number of aromatic carboxylic acids is 1. The summed E-state index contributed by atoms with van der Waals surface area (Å²) in [7, 11) is 0. The quantitative estimate of drug-likeness (QED) is 0.774. The second-order valence-corrected chi connectivity index (χ2v) is 5.36. The fourth-order valence-electron chi connectivity index (χ4n) is 1.90. The summed E-state index contributed by atoms with van der Waals surface area (Å²) in [6, 6.07) is 1.44. The van der Waals surface area contributed by atoms with Crippen molar-refractivity contribution in [2.45, 2.75) is 19.8 Å². The number of benzene rings is 1. The zero-order valence-corrected chi connectivity index (χ0v) is 11.8. The number of carboxylic acids is 1. The molecule has 0 fully saturated rings. The van der Waals surface area contributed by atoms with Crippen LogP contribution in [0.5, 0.6) is 0 Å². The summed E-state index contributed by atoms with van der Waals surface area (Å²) in [5.41, 5.74) is 0.763. The van der Waals surface area contributed by atoms with Gasteiger partial charge in [0, 0.05) is 10.9 Å². The third kappa shape index (κ3) is 1.96. The van der Waals surface area contributed by atoms with E-state index in [1.165, 1.54) is 6.07 Å². The molecule has 0 atom stereocenters. The third-order valence-corrected chi connectivity index (χ3v) is 3.68. The molecular weight excluding hydrogens is 298 g/mol. The van der Waals surface area contributed by atoms with Crippen molar-refractivity contribution in [2.75, 3.05) is 0 Å². The van der Waals surface area contributed by atoms with Crippen LogP contribution in [-0.2, 0) is 0 Å². The molecule has 6 heteroatoms. The van der Waals surface area contributed by atoms with E-state index < -0.39 is 5.97 Å². The SMILES string of the molecule is CC(C)c1c(C(=O)O)oc2c(Cl)cc(Cl)c(Cl)c12. The average molecular weight is 308 g/mol. The largest absolute Gasteiger partial charge is 0.475 e. The lowest BCUT2D eigenvalue weighted by atomic mass is 9.99. The Bertz CT molecular complexity index is 644. The highest BCUT2D eigenvalue weighted by Gasteiger charge is 2.26. The summed E-state index contributed by atoms with van der Waals surface area (Å²) < 4.78 is 5.31. The van der Waals surface area contributed by atoms with E-state index in [4.69, 9.17) is 44.3 Å². The molecule has 0 saturated carbocycles. The van der Waals surface area contributed by atoms with Crippen molar-refractivity contribution in [2.24, 2.45) is 0 Å². The third-order valence-electron chi connectivity index (χ3n) is 2.62. The normalized spacial score (nSPS) is 11.4. The number of fused-ring (bicyclic) bond motifs is 1. The molecule has 0 saturated heterocycles. The topological polar surface area (TPSA) is 50.4 Å². The first-order chi connectivity index (χ1) is 8.34. The van der Waals surface area contributed by atoms with Crippen molar-refractivity contribution < 1.29 is 14.3 Å². The fraction of sp³-hybridized carbons (Fsp3) is 0.250. The molecule has 0 unspecified atom stereocenters. The molecule has 96 valence electrons. The van der Waals surface area contributed by atoms with Gasteiger partial charge in [-0.1, -0.05) is 48.7 Å². The van der Waals surface area contributed by atoms with Crippen molar-refractivity contribution in [3.05, 3.63) is 32.5 Å². The van der Waals surface area contributed by atoms with Crippen molar-refractivity contribution in [3.8, 4) is 0 Å². The zero-order chi connectivity index (χ0) is 13.6. The van der Waals surface area contributed by atoms with Crippen LogP contribution < -0.4 is 0 Å². The van der Waals surface area contributed by atoms with E-state index in [0.717, 1.165) is 0 Å². The first-order valence-electron chi connectivity index (χ1n) is 5.17. The van der Waals surface area contributed by atoms with Gasteiger partial charge in [0.25, 0.3) is 0 Å². The number of hydrogen-bond acceptors (Lipinski definition) is 2. The van der Waals surface area contributed by atoms with Gasteiger partial charge in [0.1, 0.15) is 0 Å². The number of furan rings is 1. The van der Waals surface area contributed by atoms with Gasteiger partial charge in [0.05, 0.1) is 15.1 Å². The van der Waals surface area contributed by atoms with Crippen molar-refractivity contribution in [1.82, 2.24) is 0 Å². The molecule has 3 nitrogen and oxygen atoms in total. The van der Waals surface area contributed by atoms with E-state index >= 15 is 0 Å². The molecule has 2 aromatic rings. The Hall–Kier alpha value is -0.900. The van der Waals surface area contributed by atoms with Crippen molar-refractivity contribution >= 4 is 51.7 Å². The van der Waals surface area contributed by atoms with Gasteiger partial charge in [-0.15, -0.1) is 0 Å². The maximum Gasteiger partial charge on any atom is 0.372 e. The molecule has 1 aromatic heterocycles. The molecular formula is C12H9Cl3O3. The van der Waals surface area contributed by atoms with Crippen LogP contribution in [-0.4, -0.2) is 11.1 Å². The maximum atomic E-state index is 11.2. The Balaban J connectivity index is 3.00. The number of halogens is 3. The Morgan fingerprint density at radius 3 is 2.39 bits per heavy atom. The minimum Gasteiger partial charge on any atom is -0.475 e. The van der Waals surface area contributed by atoms with Crippen LogP contribution in [0.1, 0.15) is 35.9 Å². The predicted octanol–water partition coefficient (Wildman–Crippen LogP) is 5.21. The average Bonchev–Trinajstić information content (AvgIpc) is 2.66. The molecule has 0 aliphatic heterocycles. The minimum atomic E-state index is -1.15. The molecule has 2 rings (SSSR count). The summed E-state index contributed by atoms with van der Waals surface area (Å²) in [6.45, 7) is 3.70. The van der Waals surface area contributed by atoms with Crippen molar-refractivity contribution in [3.63, 3.8) is 0 Å². The Kier molecular flexibility index (Phi) is 3.49. The second kappa shape index (κ2) is 4.65. The summed E-state index contributed by atoms with van der Waals surface area (Å²) >= 11 is 18.1. The highest BCUT2D eigenvalue weighted by Crippen LogP contribution is 2.43. The van der Waals surface area contributed by atoms with Gasteiger partial charge in [-0.25, -0.2) is 4.79 Å². The Morgan fingerprint density at radius 1 is 1.28 bits per heavy atom. The van der Waals surface area contributed by atoms with Crippen LogP contribution in [0.3, 0.4) is 0 Å². The summed E-state index contributed by atoms with van der Waals surface area (Å²) in [5.74, 6) is -1.38. The molecule has 1 N–H and O–H groups in total. The van der Waals surface area contributed by atoms with Gasteiger partial charge in [0.2, 0.25) is 5.76 Å². The number of carboxylic acid groups (broad SMARTS) is 1. The lowest BCUT2D eigenvalue weighted by Crippen LogP contribution is -2.00. The highest BCUT2D eigenvalue weighted by molar-refractivity contribution is 6.47. The van der Waals surface area contributed by atoms with E-state index in [-0.39, 0.29) is 32.3 Å². The van der Waals surface area contributed by atoms with Crippen LogP contribution in [0.2, 0.25) is 15.1 Å². The summed E-state index contributed by atoms with van der Waals surface area (Å²) in [6.07, 6.45) is 0. The smallest absolute Gasteiger partial charge is 0.372 e. The van der Waals surface area contributed by atoms with Gasteiger partial charge in [0.15, 0.2) is 5.58 Å². The van der Waals surface area contributed by atoms with Gasteiger partial charge >= 0.3 is 5.97 Å². The number of hydrogen-bond donors (Lipinski definition) is 1. The molecule has 18 heavy (non-hydrogen) atoms. The van der Waals surface area contributed by atoms with E-state index in [2.05, 4.69) is 0 Å². The lowest BCUT2D eigenvalue weighted by molar-refractivity contribution is 0.0663. The molecule has 1 heterocycles. The lowest BCUT2D eigenvalue weighted by Gasteiger charge is -2.05. The molecule has 0 spiro atoms. The van der Waals surface area contributed by atoms with Gasteiger partial charge in [-0.2, -0.15) is 0 Å². The maximum absolute atomic E-state index is 11.2. The van der Waals surface area contributed by atoms with E-state index in [9.17, 15) is 4.79 Å². The standard InChI is InChI=1S/C12H9Cl3O3/c1-4(2)7-8-9(15)5(13)3-6(14)10(8)18-11(7)12(16)17/h3-4H,1-2H3,(H,16,17). The summed E-state index contributed by atoms with van der Waals surface area (Å²) in [4.78, 5) is 11.2. The van der Waals surface area contributed by atoms with Crippen LogP contribution in [0.15, 0.2) is 10.5 Å². The van der Waals surface area contributed by atoms with E-state index in [1.54, 1.807) is 0 Å².